The zero-order valence-electron chi connectivity index (χ0n) is 7.64. The molecule has 0 spiro atoms. The molecule has 0 N–H and O–H groups in total. The molecule has 0 bridgehead atoms. The van der Waals surface area contributed by atoms with Gasteiger partial charge in [-0.3, -0.25) is 4.99 Å². The standard InChI is InChI=1S/C11H11NO2/c13-11(14)6-5-10-9-4-2-1-3-8(9)7-12-10/h1-4,7,10H,5-6H2,(H,13,14)/p-1/t10-/m0/s1. The fourth-order valence-electron chi connectivity index (χ4n) is 1.67. The van der Waals surface area contributed by atoms with Gasteiger partial charge in [0.15, 0.2) is 0 Å². The number of carboxylic acid groups (broad SMARTS) is 1. The fraction of sp³-hybridized carbons (Fsp3) is 0.273. The van der Waals surface area contributed by atoms with Gasteiger partial charge in [0.2, 0.25) is 0 Å². The molecule has 1 heterocycles. The molecule has 0 saturated heterocycles. The predicted octanol–water partition coefficient (Wildman–Crippen LogP) is 0.690. The van der Waals surface area contributed by atoms with Crippen LogP contribution < -0.4 is 5.11 Å². The van der Waals surface area contributed by atoms with E-state index in [9.17, 15) is 9.90 Å². The van der Waals surface area contributed by atoms with Crippen molar-refractivity contribution in [3.8, 4) is 0 Å². The lowest BCUT2D eigenvalue weighted by Crippen LogP contribution is -2.22. The Hall–Kier alpha value is -1.64. The molecule has 3 heteroatoms. The average molecular weight is 188 g/mol. The second kappa shape index (κ2) is 3.62. The number of carboxylic acids is 1. The molecule has 0 amide bonds. The van der Waals surface area contributed by atoms with Crippen molar-refractivity contribution in [3.05, 3.63) is 35.4 Å². The highest BCUT2D eigenvalue weighted by Gasteiger charge is 2.17. The molecule has 14 heavy (non-hydrogen) atoms. The summed E-state index contributed by atoms with van der Waals surface area (Å²) < 4.78 is 0. The van der Waals surface area contributed by atoms with Gasteiger partial charge in [0, 0.05) is 12.2 Å². The summed E-state index contributed by atoms with van der Waals surface area (Å²) in [5.41, 5.74) is 2.21. The molecule has 2 rings (SSSR count). The number of nitrogens with zero attached hydrogens (tertiary/aromatic N) is 1. The molecule has 0 aromatic heterocycles. The summed E-state index contributed by atoms with van der Waals surface area (Å²) in [5.74, 6) is -1.01. The lowest BCUT2D eigenvalue weighted by atomic mass is 10.0. The van der Waals surface area contributed by atoms with Crippen LogP contribution >= 0.6 is 0 Å². The number of aliphatic carboxylic acids is 1. The third kappa shape index (κ3) is 1.66. The van der Waals surface area contributed by atoms with Crippen molar-refractivity contribution >= 4 is 12.2 Å². The molecule has 72 valence electrons. The SMILES string of the molecule is O=C([O-])CC[C@@H]1N=Cc2ccccc21. The third-order valence-electron chi connectivity index (χ3n) is 2.37. The first-order valence-corrected chi connectivity index (χ1v) is 4.59. The molecule has 0 unspecified atom stereocenters. The second-order valence-corrected chi connectivity index (χ2v) is 3.33. The normalized spacial score (nSPS) is 18.1. The van der Waals surface area contributed by atoms with Gasteiger partial charge in [-0.05, 0) is 24.0 Å². The smallest absolute Gasteiger partial charge is 0.0759 e. The number of carbonyl (C=O) groups is 1. The maximum absolute atomic E-state index is 10.3. The minimum Gasteiger partial charge on any atom is -0.550 e. The van der Waals surface area contributed by atoms with Crippen molar-refractivity contribution in [2.45, 2.75) is 18.9 Å². The summed E-state index contributed by atoms with van der Waals surface area (Å²) in [4.78, 5) is 14.6. The van der Waals surface area contributed by atoms with E-state index in [0.29, 0.717) is 6.42 Å². The van der Waals surface area contributed by atoms with Crippen LogP contribution in [0, 0.1) is 0 Å². The highest BCUT2D eigenvalue weighted by Crippen LogP contribution is 2.29. The van der Waals surface area contributed by atoms with Gasteiger partial charge in [0.05, 0.1) is 6.04 Å². The van der Waals surface area contributed by atoms with E-state index < -0.39 is 5.97 Å². The average Bonchev–Trinajstić information content (AvgIpc) is 2.58. The number of rotatable bonds is 3. The summed E-state index contributed by atoms with van der Waals surface area (Å²) in [7, 11) is 0. The molecule has 0 radical (unpaired) electrons. The van der Waals surface area contributed by atoms with Gasteiger partial charge < -0.3 is 9.90 Å². The Morgan fingerprint density at radius 1 is 1.43 bits per heavy atom. The van der Waals surface area contributed by atoms with Crippen molar-refractivity contribution in [3.63, 3.8) is 0 Å². The first-order valence-electron chi connectivity index (χ1n) is 4.59. The quantitative estimate of drug-likeness (QED) is 0.700. The van der Waals surface area contributed by atoms with Crippen LogP contribution in [0.15, 0.2) is 29.3 Å². The van der Waals surface area contributed by atoms with E-state index in [1.54, 1.807) is 6.21 Å². The fourth-order valence-corrected chi connectivity index (χ4v) is 1.67. The minimum absolute atomic E-state index is 0.00380. The van der Waals surface area contributed by atoms with Crippen LogP contribution in [0.25, 0.3) is 0 Å². The molecular weight excluding hydrogens is 178 g/mol. The van der Waals surface area contributed by atoms with Gasteiger partial charge in [0.25, 0.3) is 0 Å². The van der Waals surface area contributed by atoms with Gasteiger partial charge >= 0.3 is 0 Å². The Bertz CT molecular complexity index is 385. The molecule has 1 aliphatic heterocycles. The zero-order valence-corrected chi connectivity index (χ0v) is 7.64. The predicted molar refractivity (Wildman–Crippen MR) is 51.0 cm³/mol. The lowest BCUT2D eigenvalue weighted by Gasteiger charge is -2.09. The number of aliphatic imine (C=N–C) groups is 1. The largest absolute Gasteiger partial charge is 0.550 e. The van der Waals surface area contributed by atoms with Crippen LogP contribution in [0.5, 0.6) is 0 Å². The van der Waals surface area contributed by atoms with Crippen LogP contribution in [0.3, 0.4) is 0 Å². The minimum atomic E-state index is -1.01. The Labute approximate surface area is 82.1 Å². The van der Waals surface area contributed by atoms with E-state index in [1.807, 2.05) is 24.3 Å². The molecular formula is C11H10NO2-. The van der Waals surface area contributed by atoms with E-state index in [4.69, 9.17) is 0 Å². The van der Waals surface area contributed by atoms with Gasteiger partial charge in [-0.2, -0.15) is 0 Å². The first kappa shape index (κ1) is 8.94. The molecule has 1 aromatic carbocycles. The Morgan fingerprint density at radius 2 is 2.21 bits per heavy atom. The number of hydrogen-bond acceptors (Lipinski definition) is 3. The van der Waals surface area contributed by atoms with Gasteiger partial charge in [0.1, 0.15) is 0 Å². The third-order valence-corrected chi connectivity index (χ3v) is 2.37. The topological polar surface area (TPSA) is 52.5 Å². The molecule has 0 fully saturated rings. The summed E-state index contributed by atoms with van der Waals surface area (Å²) in [6.45, 7) is 0. The molecule has 0 aliphatic carbocycles. The second-order valence-electron chi connectivity index (χ2n) is 3.33. The number of benzene rings is 1. The summed E-state index contributed by atoms with van der Waals surface area (Å²) in [5, 5.41) is 10.3. The Kier molecular flexibility index (Phi) is 2.31. The van der Waals surface area contributed by atoms with Crippen LogP contribution in [-0.4, -0.2) is 12.2 Å². The van der Waals surface area contributed by atoms with Crippen molar-refractivity contribution in [1.82, 2.24) is 0 Å². The molecule has 3 nitrogen and oxygen atoms in total. The lowest BCUT2D eigenvalue weighted by molar-refractivity contribution is -0.305. The zero-order chi connectivity index (χ0) is 9.97. The molecule has 1 aromatic rings. The van der Waals surface area contributed by atoms with Gasteiger partial charge in [-0.1, -0.05) is 24.3 Å². The number of carbonyl (C=O) groups excluding carboxylic acids is 1. The van der Waals surface area contributed by atoms with Crippen LogP contribution in [0.4, 0.5) is 0 Å². The van der Waals surface area contributed by atoms with Crippen LogP contribution in [0.1, 0.15) is 30.0 Å². The van der Waals surface area contributed by atoms with E-state index in [0.717, 1.165) is 11.1 Å². The maximum atomic E-state index is 10.3. The highest BCUT2D eigenvalue weighted by molar-refractivity contribution is 5.85. The van der Waals surface area contributed by atoms with E-state index in [-0.39, 0.29) is 12.5 Å². The monoisotopic (exact) mass is 188 g/mol. The number of fused-ring (bicyclic) bond motifs is 1. The van der Waals surface area contributed by atoms with E-state index >= 15 is 0 Å². The summed E-state index contributed by atoms with van der Waals surface area (Å²) >= 11 is 0. The van der Waals surface area contributed by atoms with Crippen molar-refractivity contribution in [2.75, 3.05) is 0 Å². The molecule has 0 saturated carbocycles. The molecule has 1 aliphatic rings. The first-order chi connectivity index (χ1) is 6.77. The maximum Gasteiger partial charge on any atom is 0.0759 e. The Balaban J connectivity index is 2.11. The van der Waals surface area contributed by atoms with Crippen LogP contribution in [0.2, 0.25) is 0 Å². The Morgan fingerprint density at radius 3 is 3.00 bits per heavy atom. The molecule has 1 atom stereocenters. The van der Waals surface area contributed by atoms with Gasteiger partial charge in [-0.15, -0.1) is 0 Å². The number of hydrogen-bond donors (Lipinski definition) is 0. The summed E-state index contributed by atoms with van der Waals surface area (Å²) in [6.07, 6.45) is 2.39. The van der Waals surface area contributed by atoms with Crippen LogP contribution in [-0.2, 0) is 4.79 Å². The highest BCUT2D eigenvalue weighted by atomic mass is 16.4. The van der Waals surface area contributed by atoms with E-state index in [1.165, 1.54) is 0 Å². The van der Waals surface area contributed by atoms with E-state index in [2.05, 4.69) is 4.99 Å². The van der Waals surface area contributed by atoms with Crippen molar-refractivity contribution < 1.29 is 9.90 Å². The van der Waals surface area contributed by atoms with Crippen molar-refractivity contribution in [1.29, 1.82) is 0 Å². The van der Waals surface area contributed by atoms with Crippen molar-refractivity contribution in [2.24, 2.45) is 4.99 Å². The van der Waals surface area contributed by atoms with Gasteiger partial charge in [-0.25, -0.2) is 0 Å². The summed E-state index contributed by atoms with van der Waals surface area (Å²) in [6, 6.07) is 7.87.